The minimum absolute atomic E-state index is 0.607. The van der Waals surface area contributed by atoms with Crippen molar-refractivity contribution in [2.45, 2.75) is 56.8 Å². The molecule has 4 aromatic rings. The van der Waals surface area contributed by atoms with Gasteiger partial charge in [0, 0.05) is 34.5 Å². The number of rotatable bonds is 11. The van der Waals surface area contributed by atoms with Crippen LogP contribution in [0.4, 0.5) is 0 Å². The molecule has 0 aliphatic heterocycles. The predicted octanol–water partition coefficient (Wildman–Crippen LogP) is 6.98. The molecule has 0 aliphatic rings. The zero-order valence-corrected chi connectivity index (χ0v) is 22.5. The average molecular weight is 523 g/mol. The Kier molecular flexibility index (Phi) is 8.18. The van der Waals surface area contributed by atoms with Crippen molar-refractivity contribution in [2.24, 2.45) is 0 Å². The maximum Gasteiger partial charge on any atom is 0.319 e. The van der Waals surface area contributed by atoms with Crippen LogP contribution < -0.4 is 10.1 Å². The minimum atomic E-state index is -0.861. The number of nitrogens with zero attached hydrogens (tertiary/aromatic N) is 1. The number of carboxylic acids is 1. The van der Waals surface area contributed by atoms with Crippen LogP contribution in [0.2, 0.25) is 0 Å². The summed E-state index contributed by atoms with van der Waals surface area (Å²) in [6.45, 7) is 8.81. The van der Waals surface area contributed by atoms with Crippen LogP contribution in [0.3, 0.4) is 0 Å². The van der Waals surface area contributed by atoms with Gasteiger partial charge in [0.2, 0.25) is 0 Å². The number of hydrogen-bond acceptors (Lipinski definition) is 7. The van der Waals surface area contributed by atoms with Gasteiger partial charge in [-0.25, -0.2) is 4.98 Å². The fraction of sp³-hybridized carbons (Fsp3) is 0.286. The SMILES string of the molecule is Cc1ccc(Oc2ncc(Cc3ccoc3CNCc3ccc(SC(C)(C)C(=O)O)cc3)s2)c(C)c1. The number of benzene rings is 2. The monoisotopic (exact) mass is 522 g/mol. The van der Waals surface area contributed by atoms with E-state index in [2.05, 4.69) is 23.3 Å². The van der Waals surface area contributed by atoms with Crippen molar-refractivity contribution in [2.75, 3.05) is 0 Å². The fourth-order valence-electron chi connectivity index (χ4n) is 3.63. The van der Waals surface area contributed by atoms with E-state index >= 15 is 0 Å². The van der Waals surface area contributed by atoms with E-state index in [1.54, 1.807) is 31.4 Å². The van der Waals surface area contributed by atoms with E-state index in [1.807, 2.05) is 55.6 Å². The molecular formula is C28H30N2O4S2. The lowest BCUT2D eigenvalue weighted by Crippen LogP contribution is -2.26. The van der Waals surface area contributed by atoms with Crippen molar-refractivity contribution in [3.63, 3.8) is 0 Å². The van der Waals surface area contributed by atoms with Crippen LogP contribution in [-0.2, 0) is 24.3 Å². The van der Waals surface area contributed by atoms with Crippen LogP contribution in [0.25, 0.3) is 0 Å². The highest BCUT2D eigenvalue weighted by Crippen LogP contribution is 2.33. The number of thiazole rings is 1. The number of hydrogen-bond donors (Lipinski definition) is 2. The standard InChI is InChI=1S/C28H30N2O4S2/c1-18-5-10-24(19(2)13-18)34-27-30-16-23(35-27)14-21-11-12-33-25(21)17-29-15-20-6-8-22(9-7-20)36-28(3,4)26(31)32/h5-13,16,29H,14-15,17H2,1-4H3,(H,31,32). The van der Waals surface area contributed by atoms with E-state index in [1.165, 1.54) is 17.3 Å². The van der Waals surface area contributed by atoms with Crippen molar-refractivity contribution in [1.29, 1.82) is 0 Å². The van der Waals surface area contributed by atoms with Gasteiger partial charge in [0.1, 0.15) is 16.3 Å². The molecule has 2 heterocycles. The zero-order valence-electron chi connectivity index (χ0n) is 20.8. The average Bonchev–Trinajstić information content (AvgIpc) is 3.46. The number of aryl methyl sites for hydroxylation is 2. The van der Waals surface area contributed by atoms with Gasteiger partial charge in [-0.05, 0) is 63.1 Å². The van der Waals surface area contributed by atoms with Gasteiger partial charge in [0.05, 0.1) is 12.8 Å². The summed E-state index contributed by atoms with van der Waals surface area (Å²) in [7, 11) is 0. The number of nitrogens with one attached hydrogen (secondary N) is 1. The van der Waals surface area contributed by atoms with E-state index in [4.69, 9.17) is 9.15 Å². The maximum atomic E-state index is 11.3. The van der Waals surface area contributed by atoms with E-state index in [0.717, 1.165) is 44.4 Å². The highest BCUT2D eigenvalue weighted by Gasteiger charge is 2.28. The van der Waals surface area contributed by atoms with Crippen LogP contribution in [0.15, 0.2) is 70.3 Å². The summed E-state index contributed by atoms with van der Waals surface area (Å²) in [5.41, 5.74) is 4.53. The van der Waals surface area contributed by atoms with E-state index in [9.17, 15) is 9.90 Å². The van der Waals surface area contributed by atoms with Gasteiger partial charge in [0.25, 0.3) is 5.19 Å². The van der Waals surface area contributed by atoms with Crippen molar-refractivity contribution < 1.29 is 19.1 Å². The van der Waals surface area contributed by atoms with Crippen molar-refractivity contribution >= 4 is 29.1 Å². The molecule has 2 aromatic carbocycles. The molecule has 0 spiro atoms. The van der Waals surface area contributed by atoms with Crippen LogP contribution in [-0.4, -0.2) is 20.8 Å². The van der Waals surface area contributed by atoms with Gasteiger partial charge in [-0.2, -0.15) is 0 Å². The Hall–Kier alpha value is -3.07. The van der Waals surface area contributed by atoms with Crippen LogP contribution >= 0.6 is 23.1 Å². The number of carboxylic acid groups (broad SMARTS) is 1. The van der Waals surface area contributed by atoms with Crippen LogP contribution in [0.1, 0.15) is 46.7 Å². The predicted molar refractivity (Wildman–Crippen MR) is 144 cm³/mol. The lowest BCUT2D eigenvalue weighted by Gasteiger charge is -2.18. The lowest BCUT2D eigenvalue weighted by molar-refractivity contribution is -0.138. The molecule has 0 atom stereocenters. The topological polar surface area (TPSA) is 84.6 Å². The van der Waals surface area contributed by atoms with Crippen molar-refractivity contribution in [3.05, 3.63) is 93.9 Å². The summed E-state index contributed by atoms with van der Waals surface area (Å²) in [6.07, 6.45) is 4.31. The third-order valence-corrected chi connectivity index (χ3v) is 7.76. The second kappa shape index (κ2) is 11.3. The molecule has 188 valence electrons. The molecule has 0 radical (unpaired) electrons. The fourth-order valence-corrected chi connectivity index (χ4v) is 5.37. The van der Waals surface area contributed by atoms with Gasteiger partial charge in [-0.15, -0.1) is 11.8 Å². The summed E-state index contributed by atoms with van der Waals surface area (Å²) in [6, 6.07) is 16.1. The second-order valence-corrected chi connectivity index (χ2v) is 11.9. The molecule has 0 bridgehead atoms. The smallest absolute Gasteiger partial charge is 0.319 e. The molecule has 0 saturated heterocycles. The second-order valence-electron chi connectivity index (χ2n) is 9.17. The van der Waals surface area contributed by atoms with Gasteiger partial charge in [0.15, 0.2) is 0 Å². The first-order valence-corrected chi connectivity index (χ1v) is 13.3. The molecule has 0 fully saturated rings. The summed E-state index contributed by atoms with van der Waals surface area (Å²) in [5.74, 6) is 0.901. The largest absolute Gasteiger partial charge is 0.480 e. The first-order valence-electron chi connectivity index (χ1n) is 11.7. The number of thioether (sulfide) groups is 1. The summed E-state index contributed by atoms with van der Waals surface area (Å²) >= 11 is 2.88. The molecule has 0 unspecified atom stereocenters. The van der Waals surface area contributed by atoms with Crippen LogP contribution in [0.5, 0.6) is 10.9 Å². The lowest BCUT2D eigenvalue weighted by atomic mass is 10.1. The Morgan fingerprint density at radius 3 is 2.64 bits per heavy atom. The molecule has 4 rings (SSSR count). The number of aliphatic carboxylic acids is 1. The van der Waals surface area contributed by atoms with Gasteiger partial charge in [-0.1, -0.05) is 41.2 Å². The summed E-state index contributed by atoms with van der Waals surface area (Å²) in [4.78, 5) is 17.8. The van der Waals surface area contributed by atoms with Gasteiger partial charge >= 0.3 is 5.97 Å². The van der Waals surface area contributed by atoms with E-state index in [0.29, 0.717) is 18.3 Å². The third kappa shape index (κ3) is 6.78. The molecule has 8 heteroatoms. The maximum absolute atomic E-state index is 11.3. The van der Waals surface area contributed by atoms with E-state index in [-0.39, 0.29) is 0 Å². The Balaban J connectivity index is 1.29. The molecule has 0 amide bonds. The molecule has 6 nitrogen and oxygen atoms in total. The molecular weight excluding hydrogens is 492 g/mol. The number of furan rings is 1. The Morgan fingerprint density at radius 1 is 1.14 bits per heavy atom. The first kappa shape index (κ1) is 26.0. The Morgan fingerprint density at radius 2 is 1.92 bits per heavy atom. The Bertz CT molecular complexity index is 1330. The molecule has 0 aliphatic carbocycles. The van der Waals surface area contributed by atoms with Gasteiger partial charge in [-0.3, -0.25) is 4.79 Å². The number of ether oxygens (including phenoxy) is 1. The number of carbonyl (C=O) groups is 1. The van der Waals surface area contributed by atoms with Gasteiger partial charge < -0.3 is 19.6 Å². The highest BCUT2D eigenvalue weighted by atomic mass is 32.2. The summed E-state index contributed by atoms with van der Waals surface area (Å²) in [5, 5.41) is 13.4. The summed E-state index contributed by atoms with van der Waals surface area (Å²) < 4.78 is 10.9. The van der Waals surface area contributed by atoms with Crippen molar-refractivity contribution in [1.82, 2.24) is 10.3 Å². The number of aromatic nitrogens is 1. The van der Waals surface area contributed by atoms with E-state index < -0.39 is 10.7 Å². The first-order chi connectivity index (χ1) is 17.2. The molecule has 2 aromatic heterocycles. The molecule has 36 heavy (non-hydrogen) atoms. The molecule has 0 saturated carbocycles. The highest BCUT2D eigenvalue weighted by molar-refractivity contribution is 8.01. The zero-order chi connectivity index (χ0) is 25.7. The van der Waals surface area contributed by atoms with Crippen LogP contribution in [0, 0.1) is 13.8 Å². The van der Waals surface area contributed by atoms with Crippen molar-refractivity contribution in [3.8, 4) is 10.9 Å². The molecule has 2 N–H and O–H groups in total. The quantitative estimate of drug-likeness (QED) is 0.206. The third-order valence-electron chi connectivity index (χ3n) is 5.69. The normalized spacial score (nSPS) is 11.6. The Labute approximate surface area is 219 Å². The minimum Gasteiger partial charge on any atom is -0.480 e.